The van der Waals surface area contributed by atoms with E-state index < -0.39 is 0 Å². The number of H-pyrrole nitrogens is 1. The fourth-order valence-corrected chi connectivity index (χ4v) is 2.12. The van der Waals surface area contributed by atoms with Gasteiger partial charge in [-0.15, -0.1) is 0 Å². The molecule has 0 aromatic carbocycles. The molecule has 0 radical (unpaired) electrons. The lowest BCUT2D eigenvalue weighted by Crippen LogP contribution is -2.02. The van der Waals surface area contributed by atoms with Crippen molar-refractivity contribution in [1.82, 2.24) is 29.7 Å². The van der Waals surface area contributed by atoms with Gasteiger partial charge in [-0.05, 0) is 6.42 Å². The van der Waals surface area contributed by atoms with Gasteiger partial charge in [0, 0.05) is 0 Å². The summed E-state index contributed by atoms with van der Waals surface area (Å²) in [5.41, 5.74) is 2.15. The molecule has 3 aromatic heterocycles. The predicted molar refractivity (Wildman–Crippen MR) is 67.9 cm³/mol. The summed E-state index contributed by atoms with van der Waals surface area (Å²) in [7, 11) is 0. The van der Waals surface area contributed by atoms with Crippen molar-refractivity contribution in [3.8, 4) is 11.9 Å². The van der Waals surface area contributed by atoms with Crippen LogP contribution in [0.2, 0.25) is 5.15 Å². The number of hydrogen-bond donors (Lipinski definition) is 1. The predicted octanol–water partition coefficient (Wildman–Crippen LogP) is 1.63. The van der Waals surface area contributed by atoms with Gasteiger partial charge < -0.3 is 4.98 Å². The number of aromatic nitrogens is 6. The van der Waals surface area contributed by atoms with Crippen LogP contribution in [-0.2, 0) is 6.42 Å². The van der Waals surface area contributed by atoms with Crippen molar-refractivity contribution in [2.24, 2.45) is 0 Å². The SMILES string of the molecule is CCc1nn(-c2ncnc3nc[nH]c23)c(Cl)c1C#N. The molecule has 0 aliphatic carbocycles. The smallest absolute Gasteiger partial charge is 0.184 e. The number of hydrogen-bond acceptors (Lipinski definition) is 5. The number of fused-ring (bicyclic) bond motifs is 1. The molecule has 0 bridgehead atoms. The van der Waals surface area contributed by atoms with Crippen LogP contribution >= 0.6 is 11.6 Å². The van der Waals surface area contributed by atoms with E-state index in [-0.39, 0.29) is 5.15 Å². The Hall–Kier alpha value is -2.46. The molecule has 3 heterocycles. The number of nitrogens with zero attached hydrogens (tertiary/aromatic N) is 6. The van der Waals surface area contributed by atoms with Crippen molar-refractivity contribution < 1.29 is 0 Å². The molecule has 0 unspecified atom stereocenters. The molecule has 3 rings (SSSR count). The lowest BCUT2D eigenvalue weighted by Gasteiger charge is -2.01. The first-order valence-electron chi connectivity index (χ1n) is 5.58. The monoisotopic (exact) mass is 273 g/mol. The summed E-state index contributed by atoms with van der Waals surface area (Å²) >= 11 is 6.19. The Labute approximate surface area is 112 Å². The molecule has 0 amide bonds. The summed E-state index contributed by atoms with van der Waals surface area (Å²) < 4.78 is 1.43. The Kier molecular flexibility index (Phi) is 2.65. The van der Waals surface area contributed by atoms with Crippen LogP contribution in [0, 0.1) is 11.3 Å². The molecular weight excluding hydrogens is 266 g/mol. The first-order valence-corrected chi connectivity index (χ1v) is 5.96. The van der Waals surface area contributed by atoms with Gasteiger partial charge in [-0.25, -0.2) is 15.0 Å². The Balaban J connectivity index is 2.31. The lowest BCUT2D eigenvalue weighted by atomic mass is 10.2. The van der Waals surface area contributed by atoms with Crippen molar-refractivity contribution in [3.05, 3.63) is 29.1 Å². The van der Waals surface area contributed by atoms with E-state index in [9.17, 15) is 0 Å². The maximum absolute atomic E-state index is 9.12. The van der Waals surface area contributed by atoms with Gasteiger partial charge in [0.25, 0.3) is 0 Å². The zero-order chi connectivity index (χ0) is 13.4. The highest BCUT2D eigenvalue weighted by Crippen LogP contribution is 2.24. The minimum Gasteiger partial charge on any atom is -0.340 e. The first kappa shape index (κ1) is 11.6. The largest absolute Gasteiger partial charge is 0.340 e. The van der Waals surface area contributed by atoms with E-state index in [4.69, 9.17) is 16.9 Å². The van der Waals surface area contributed by atoms with E-state index in [1.54, 1.807) is 0 Å². The Morgan fingerprint density at radius 3 is 2.95 bits per heavy atom. The second-order valence-corrected chi connectivity index (χ2v) is 4.15. The van der Waals surface area contributed by atoms with Gasteiger partial charge in [0.1, 0.15) is 23.5 Å². The quantitative estimate of drug-likeness (QED) is 0.765. The molecule has 94 valence electrons. The van der Waals surface area contributed by atoms with E-state index in [0.29, 0.717) is 34.7 Å². The number of imidazole rings is 1. The summed E-state index contributed by atoms with van der Waals surface area (Å²) in [4.78, 5) is 15.2. The topological polar surface area (TPSA) is 96.1 Å². The fourth-order valence-electron chi connectivity index (χ4n) is 1.85. The zero-order valence-corrected chi connectivity index (χ0v) is 10.7. The molecule has 19 heavy (non-hydrogen) atoms. The highest BCUT2D eigenvalue weighted by molar-refractivity contribution is 6.31. The molecular formula is C11H8ClN7. The third kappa shape index (κ3) is 1.65. The molecule has 3 aromatic rings. The molecule has 0 spiro atoms. The zero-order valence-electron chi connectivity index (χ0n) is 9.92. The van der Waals surface area contributed by atoms with Gasteiger partial charge in [0.05, 0.1) is 12.0 Å². The molecule has 7 nitrogen and oxygen atoms in total. The maximum atomic E-state index is 9.12. The molecule has 0 aliphatic heterocycles. The Morgan fingerprint density at radius 2 is 2.26 bits per heavy atom. The lowest BCUT2D eigenvalue weighted by molar-refractivity contribution is 0.818. The van der Waals surface area contributed by atoms with Crippen LogP contribution in [0.1, 0.15) is 18.2 Å². The van der Waals surface area contributed by atoms with Gasteiger partial charge in [-0.1, -0.05) is 18.5 Å². The van der Waals surface area contributed by atoms with Crippen LogP contribution in [0.25, 0.3) is 17.0 Å². The molecule has 0 fully saturated rings. The van der Waals surface area contributed by atoms with Gasteiger partial charge in [-0.2, -0.15) is 15.0 Å². The maximum Gasteiger partial charge on any atom is 0.184 e. The second-order valence-electron chi connectivity index (χ2n) is 3.79. The second kappa shape index (κ2) is 4.33. The summed E-state index contributed by atoms with van der Waals surface area (Å²) in [5.74, 6) is 0.476. The van der Waals surface area contributed by atoms with Crippen LogP contribution in [0.5, 0.6) is 0 Å². The summed E-state index contributed by atoms with van der Waals surface area (Å²) in [6.45, 7) is 1.91. The molecule has 0 saturated carbocycles. The summed E-state index contributed by atoms with van der Waals surface area (Å²) in [6.07, 6.45) is 3.52. The normalized spacial score (nSPS) is 10.8. The molecule has 8 heteroatoms. The van der Waals surface area contributed by atoms with Gasteiger partial charge >= 0.3 is 0 Å². The summed E-state index contributed by atoms with van der Waals surface area (Å²) in [5, 5.41) is 13.7. The number of nitriles is 1. The van der Waals surface area contributed by atoms with E-state index in [1.165, 1.54) is 17.3 Å². The average Bonchev–Trinajstić information content (AvgIpc) is 3.02. The van der Waals surface area contributed by atoms with Crippen molar-refractivity contribution in [3.63, 3.8) is 0 Å². The van der Waals surface area contributed by atoms with Crippen LogP contribution in [-0.4, -0.2) is 29.7 Å². The molecule has 0 aliphatic rings. The number of aromatic amines is 1. The third-order valence-electron chi connectivity index (χ3n) is 2.75. The number of rotatable bonds is 2. The van der Waals surface area contributed by atoms with Crippen LogP contribution in [0.3, 0.4) is 0 Å². The van der Waals surface area contributed by atoms with E-state index in [0.717, 1.165) is 0 Å². The van der Waals surface area contributed by atoms with Gasteiger partial charge in [0.2, 0.25) is 0 Å². The van der Waals surface area contributed by atoms with Crippen molar-refractivity contribution in [1.29, 1.82) is 5.26 Å². The highest BCUT2D eigenvalue weighted by Gasteiger charge is 2.19. The molecule has 1 N–H and O–H groups in total. The number of halogens is 1. The Morgan fingerprint density at radius 1 is 1.42 bits per heavy atom. The number of aryl methyl sites for hydroxylation is 1. The third-order valence-corrected chi connectivity index (χ3v) is 3.10. The van der Waals surface area contributed by atoms with Crippen molar-refractivity contribution >= 4 is 22.8 Å². The number of nitrogens with one attached hydrogen (secondary N) is 1. The summed E-state index contributed by atoms with van der Waals surface area (Å²) in [6, 6.07) is 2.06. The molecule has 0 atom stereocenters. The van der Waals surface area contributed by atoms with E-state index >= 15 is 0 Å². The van der Waals surface area contributed by atoms with Crippen LogP contribution in [0.4, 0.5) is 0 Å². The van der Waals surface area contributed by atoms with Gasteiger partial charge in [0.15, 0.2) is 16.6 Å². The van der Waals surface area contributed by atoms with E-state index in [1.807, 2.05) is 6.92 Å². The first-order chi connectivity index (χ1) is 9.26. The van der Waals surface area contributed by atoms with Crippen LogP contribution < -0.4 is 0 Å². The minimum absolute atomic E-state index is 0.244. The Bertz CT molecular complexity index is 795. The van der Waals surface area contributed by atoms with Crippen LogP contribution in [0.15, 0.2) is 12.7 Å². The fraction of sp³-hybridized carbons (Fsp3) is 0.182. The van der Waals surface area contributed by atoms with E-state index in [2.05, 4.69) is 31.1 Å². The van der Waals surface area contributed by atoms with Gasteiger partial charge in [-0.3, -0.25) is 0 Å². The standard InChI is InChI=1S/C11H8ClN7/c1-2-7-6(3-13)9(12)19(18-7)11-8-10(15-4-14-8)16-5-17-11/h4-5H,2H2,1H3,(H,14,15,16,17). The highest BCUT2D eigenvalue weighted by atomic mass is 35.5. The minimum atomic E-state index is 0.244. The van der Waals surface area contributed by atoms with Crippen molar-refractivity contribution in [2.45, 2.75) is 13.3 Å². The molecule has 0 saturated heterocycles. The average molecular weight is 274 g/mol. The van der Waals surface area contributed by atoms with Crippen molar-refractivity contribution in [2.75, 3.05) is 0 Å².